The quantitative estimate of drug-likeness (QED) is 0.622. The van der Waals surface area contributed by atoms with Crippen molar-refractivity contribution >= 4 is 11.9 Å². The Morgan fingerprint density at radius 1 is 1.25 bits per heavy atom. The fourth-order valence-corrected chi connectivity index (χ4v) is 4.08. The monoisotopic (exact) mass is 435 g/mol. The van der Waals surface area contributed by atoms with Crippen LogP contribution in [-0.4, -0.2) is 34.7 Å². The highest BCUT2D eigenvalue weighted by atomic mass is 19.1. The third-order valence-corrected chi connectivity index (χ3v) is 5.66. The summed E-state index contributed by atoms with van der Waals surface area (Å²) in [6.45, 7) is 6.71. The summed E-state index contributed by atoms with van der Waals surface area (Å²) in [5.41, 5.74) is 1.83. The molecule has 3 heterocycles. The minimum absolute atomic E-state index is 0.147. The number of carbonyl (C=O) groups excluding carboxylic acids is 1. The van der Waals surface area contributed by atoms with Crippen molar-refractivity contribution < 1.29 is 18.7 Å². The summed E-state index contributed by atoms with van der Waals surface area (Å²) in [6.07, 6.45) is 3.54. The lowest BCUT2D eigenvalue weighted by atomic mass is 9.87. The average molecular weight is 435 g/mol. The molecule has 166 valence electrons. The lowest BCUT2D eigenvalue weighted by Crippen LogP contribution is -2.41. The number of nitriles is 1. The van der Waals surface area contributed by atoms with E-state index in [4.69, 9.17) is 14.7 Å². The van der Waals surface area contributed by atoms with Crippen LogP contribution in [0.2, 0.25) is 0 Å². The lowest BCUT2D eigenvalue weighted by Gasteiger charge is -2.35. The van der Waals surface area contributed by atoms with Gasteiger partial charge in [0.1, 0.15) is 35.0 Å². The SMILES string of the molecule is CC(C)(C)OC(=O)N1CCC(c2cccc3c2OC(c2ccc(C#N)nc2)C=C3F)CC1. The maximum Gasteiger partial charge on any atom is 0.410 e. The number of rotatable bonds is 2. The summed E-state index contributed by atoms with van der Waals surface area (Å²) in [7, 11) is 0. The zero-order chi connectivity index (χ0) is 22.9. The molecule has 1 fully saturated rings. The summed E-state index contributed by atoms with van der Waals surface area (Å²) < 4.78 is 26.7. The van der Waals surface area contributed by atoms with Gasteiger partial charge in [0, 0.05) is 24.8 Å². The lowest BCUT2D eigenvalue weighted by molar-refractivity contribution is 0.0204. The van der Waals surface area contributed by atoms with Gasteiger partial charge in [-0.2, -0.15) is 5.26 Å². The van der Waals surface area contributed by atoms with Crippen molar-refractivity contribution in [2.45, 2.75) is 51.2 Å². The maximum atomic E-state index is 15.0. The van der Waals surface area contributed by atoms with E-state index in [0.29, 0.717) is 35.7 Å². The highest BCUT2D eigenvalue weighted by Crippen LogP contribution is 2.44. The van der Waals surface area contributed by atoms with E-state index in [9.17, 15) is 9.18 Å². The van der Waals surface area contributed by atoms with Gasteiger partial charge in [-0.3, -0.25) is 0 Å². The molecule has 32 heavy (non-hydrogen) atoms. The minimum atomic E-state index is -0.620. The van der Waals surface area contributed by atoms with Gasteiger partial charge in [-0.05, 0) is 63.3 Å². The van der Waals surface area contributed by atoms with Gasteiger partial charge in [0.2, 0.25) is 0 Å². The zero-order valence-electron chi connectivity index (χ0n) is 18.5. The van der Waals surface area contributed by atoms with Crippen molar-refractivity contribution in [1.29, 1.82) is 5.26 Å². The third kappa shape index (κ3) is 4.59. The highest BCUT2D eigenvalue weighted by Gasteiger charge is 2.32. The number of hydrogen-bond donors (Lipinski definition) is 0. The molecule has 1 atom stereocenters. The number of aromatic nitrogens is 1. The van der Waals surface area contributed by atoms with E-state index in [1.54, 1.807) is 29.3 Å². The first-order valence-electron chi connectivity index (χ1n) is 10.8. The summed E-state index contributed by atoms with van der Waals surface area (Å²) in [4.78, 5) is 18.2. The number of halogens is 1. The Bertz CT molecular complexity index is 1080. The number of benzene rings is 1. The molecule has 6 nitrogen and oxygen atoms in total. The first kappa shape index (κ1) is 21.8. The summed E-state index contributed by atoms with van der Waals surface area (Å²) >= 11 is 0. The van der Waals surface area contributed by atoms with E-state index in [1.807, 2.05) is 39.0 Å². The number of nitrogens with zero attached hydrogens (tertiary/aromatic N) is 3. The molecular formula is C25H26FN3O3. The molecule has 1 unspecified atom stereocenters. The van der Waals surface area contributed by atoms with Gasteiger partial charge in [-0.15, -0.1) is 0 Å². The first-order chi connectivity index (χ1) is 15.2. The Hall–Kier alpha value is -3.40. The van der Waals surface area contributed by atoms with Crippen molar-refractivity contribution in [2.75, 3.05) is 13.1 Å². The Morgan fingerprint density at radius 3 is 2.62 bits per heavy atom. The van der Waals surface area contributed by atoms with Crippen LogP contribution in [0.3, 0.4) is 0 Å². The number of piperidine rings is 1. The van der Waals surface area contributed by atoms with E-state index in [-0.39, 0.29) is 17.8 Å². The second-order valence-electron chi connectivity index (χ2n) is 9.11. The molecule has 0 aliphatic carbocycles. The number of carbonyl (C=O) groups is 1. The number of pyridine rings is 1. The number of ether oxygens (including phenoxy) is 2. The van der Waals surface area contributed by atoms with Gasteiger partial charge in [-0.1, -0.05) is 18.2 Å². The maximum absolute atomic E-state index is 15.0. The second kappa shape index (κ2) is 8.62. The predicted molar refractivity (Wildman–Crippen MR) is 118 cm³/mol. The predicted octanol–water partition coefficient (Wildman–Crippen LogP) is 5.51. The highest BCUT2D eigenvalue weighted by molar-refractivity contribution is 5.70. The smallest absolute Gasteiger partial charge is 0.410 e. The third-order valence-electron chi connectivity index (χ3n) is 5.66. The number of hydrogen-bond acceptors (Lipinski definition) is 5. The fraction of sp³-hybridized carbons (Fsp3) is 0.400. The molecule has 1 amide bonds. The number of likely N-dealkylation sites (tertiary alicyclic amines) is 1. The number of fused-ring (bicyclic) bond motifs is 1. The molecule has 1 saturated heterocycles. The van der Waals surface area contributed by atoms with Crippen molar-refractivity contribution in [3.05, 3.63) is 65.0 Å². The van der Waals surface area contributed by atoms with Crippen LogP contribution in [0.25, 0.3) is 5.83 Å². The number of amides is 1. The van der Waals surface area contributed by atoms with Crippen molar-refractivity contribution in [3.63, 3.8) is 0 Å². The van der Waals surface area contributed by atoms with Gasteiger partial charge in [0.25, 0.3) is 0 Å². The van der Waals surface area contributed by atoms with Crippen LogP contribution in [0, 0.1) is 11.3 Å². The normalized spacial score (nSPS) is 18.8. The van der Waals surface area contributed by atoms with Crippen molar-refractivity contribution in [1.82, 2.24) is 9.88 Å². The summed E-state index contributed by atoms with van der Waals surface area (Å²) in [5, 5.41) is 8.95. The molecular weight excluding hydrogens is 409 g/mol. The van der Waals surface area contributed by atoms with Gasteiger partial charge >= 0.3 is 6.09 Å². The average Bonchev–Trinajstić information content (AvgIpc) is 2.78. The molecule has 0 radical (unpaired) electrons. The van der Waals surface area contributed by atoms with Crippen LogP contribution in [-0.2, 0) is 4.74 Å². The molecule has 2 aliphatic rings. The van der Waals surface area contributed by atoms with Crippen molar-refractivity contribution in [3.8, 4) is 11.8 Å². The van der Waals surface area contributed by atoms with Crippen LogP contribution in [0.4, 0.5) is 9.18 Å². The molecule has 0 N–H and O–H groups in total. The van der Waals surface area contributed by atoms with Gasteiger partial charge in [0.05, 0.1) is 5.56 Å². The van der Waals surface area contributed by atoms with E-state index in [2.05, 4.69) is 4.98 Å². The van der Waals surface area contributed by atoms with Crippen LogP contribution in [0.5, 0.6) is 5.75 Å². The Morgan fingerprint density at radius 2 is 2.00 bits per heavy atom. The Kier molecular flexibility index (Phi) is 5.88. The van der Waals surface area contributed by atoms with Crippen LogP contribution < -0.4 is 4.74 Å². The Labute approximate surface area is 187 Å². The molecule has 1 aromatic heterocycles. The van der Waals surface area contributed by atoms with Crippen LogP contribution in [0.1, 0.15) is 68.0 Å². The minimum Gasteiger partial charge on any atom is -0.480 e. The van der Waals surface area contributed by atoms with Gasteiger partial charge in [-0.25, -0.2) is 14.2 Å². The molecule has 2 aliphatic heterocycles. The molecule has 0 bridgehead atoms. The standard InChI is InChI=1S/C25H26FN3O3/c1-25(2,3)32-24(30)29-11-9-16(10-12-29)19-5-4-6-20-21(26)13-22(31-23(19)20)17-7-8-18(14-27)28-15-17/h4-8,13,15-16,22H,9-12H2,1-3H3. The van der Waals surface area contributed by atoms with E-state index >= 15 is 0 Å². The largest absolute Gasteiger partial charge is 0.480 e. The molecule has 0 saturated carbocycles. The molecule has 1 aromatic carbocycles. The zero-order valence-corrected chi connectivity index (χ0v) is 18.5. The van der Waals surface area contributed by atoms with Crippen LogP contribution in [0.15, 0.2) is 42.6 Å². The van der Waals surface area contributed by atoms with Gasteiger partial charge < -0.3 is 14.4 Å². The first-order valence-corrected chi connectivity index (χ1v) is 10.8. The van der Waals surface area contributed by atoms with E-state index < -0.39 is 11.7 Å². The number of para-hydroxylation sites is 1. The van der Waals surface area contributed by atoms with E-state index in [0.717, 1.165) is 18.4 Å². The summed E-state index contributed by atoms with van der Waals surface area (Å²) in [5.74, 6) is 0.348. The summed E-state index contributed by atoms with van der Waals surface area (Å²) in [6, 6.07) is 10.8. The van der Waals surface area contributed by atoms with Gasteiger partial charge in [0.15, 0.2) is 0 Å². The van der Waals surface area contributed by atoms with Crippen molar-refractivity contribution in [2.24, 2.45) is 0 Å². The molecule has 0 spiro atoms. The molecule has 7 heteroatoms. The molecule has 4 rings (SSSR count). The van der Waals surface area contributed by atoms with Crippen LogP contribution >= 0.6 is 0 Å². The molecule has 2 aromatic rings. The topological polar surface area (TPSA) is 75.4 Å². The Balaban J connectivity index is 1.52. The second-order valence-corrected chi connectivity index (χ2v) is 9.11. The fourth-order valence-electron chi connectivity index (χ4n) is 4.08. The van der Waals surface area contributed by atoms with E-state index in [1.165, 1.54) is 6.08 Å².